The Bertz CT molecular complexity index is 600. The van der Waals surface area contributed by atoms with Crippen molar-refractivity contribution in [1.82, 2.24) is 4.90 Å². The van der Waals surface area contributed by atoms with Gasteiger partial charge < -0.3 is 15.4 Å². The van der Waals surface area contributed by atoms with Gasteiger partial charge in [0.25, 0.3) is 0 Å². The molecule has 4 nitrogen and oxygen atoms in total. The number of anilines is 1. The van der Waals surface area contributed by atoms with Gasteiger partial charge in [0.15, 0.2) is 0 Å². The van der Waals surface area contributed by atoms with Gasteiger partial charge in [0.2, 0.25) is 0 Å². The van der Waals surface area contributed by atoms with Crippen LogP contribution in [0.25, 0.3) is 0 Å². The van der Waals surface area contributed by atoms with Gasteiger partial charge in [-0.25, -0.2) is 9.18 Å². The number of carbonyl (C=O) groups is 1. The maximum absolute atomic E-state index is 14.4. The molecule has 7 heteroatoms. The third kappa shape index (κ3) is 3.34. The lowest BCUT2D eigenvalue weighted by atomic mass is 9.98. The van der Waals surface area contributed by atoms with Crippen LogP contribution in [0, 0.1) is 5.82 Å². The van der Waals surface area contributed by atoms with Gasteiger partial charge in [0.1, 0.15) is 11.4 Å². The summed E-state index contributed by atoms with van der Waals surface area (Å²) in [5.41, 5.74) is 6.90. The topological polar surface area (TPSA) is 55.6 Å². The number of hydrogen-bond donors (Lipinski definition) is 1. The van der Waals surface area contributed by atoms with E-state index in [0.717, 1.165) is 5.56 Å². The molecule has 0 atom stereocenters. The van der Waals surface area contributed by atoms with E-state index in [4.69, 9.17) is 10.5 Å². The first kappa shape index (κ1) is 16.5. The summed E-state index contributed by atoms with van der Waals surface area (Å²) in [6, 6.07) is 0. The molecule has 0 fully saturated rings. The Kier molecular flexibility index (Phi) is 4.54. The van der Waals surface area contributed by atoms with E-state index in [0.29, 0.717) is 28.7 Å². The number of amides is 1. The van der Waals surface area contributed by atoms with E-state index in [-0.39, 0.29) is 11.0 Å². The minimum atomic E-state index is -0.571. The standard InChI is InChI=1S/C14H17Br2FN2O2/c1-14(2,3)21-13(20)19-5-4-7-8(6-19)11(17)10(16)12(18)9(7)15/h4-6,18H2,1-3H3. The van der Waals surface area contributed by atoms with Gasteiger partial charge in [-0.1, -0.05) is 0 Å². The largest absolute Gasteiger partial charge is 0.444 e. The Hall–Kier alpha value is -0.820. The number of nitrogens with two attached hydrogens (primary N) is 1. The molecule has 0 bridgehead atoms. The fourth-order valence-electron chi connectivity index (χ4n) is 2.20. The number of hydrogen-bond acceptors (Lipinski definition) is 3. The highest BCUT2D eigenvalue weighted by atomic mass is 79.9. The van der Waals surface area contributed by atoms with Crippen molar-refractivity contribution in [3.8, 4) is 0 Å². The zero-order valence-electron chi connectivity index (χ0n) is 12.1. The molecule has 1 aromatic carbocycles. The Morgan fingerprint density at radius 3 is 2.48 bits per heavy atom. The predicted octanol–water partition coefficient (Wildman–Crippen LogP) is 4.23. The highest BCUT2D eigenvalue weighted by Gasteiger charge is 2.30. The van der Waals surface area contributed by atoms with Gasteiger partial charge in [-0.2, -0.15) is 0 Å². The molecule has 0 aliphatic carbocycles. The van der Waals surface area contributed by atoms with Gasteiger partial charge in [-0.05, 0) is 64.6 Å². The van der Waals surface area contributed by atoms with Gasteiger partial charge in [0.05, 0.1) is 16.7 Å². The first-order valence-electron chi connectivity index (χ1n) is 6.53. The molecule has 0 aromatic heterocycles. The predicted molar refractivity (Wildman–Crippen MR) is 86.6 cm³/mol. The van der Waals surface area contributed by atoms with E-state index in [2.05, 4.69) is 31.9 Å². The van der Waals surface area contributed by atoms with Gasteiger partial charge in [0, 0.05) is 16.6 Å². The summed E-state index contributed by atoms with van der Waals surface area (Å²) in [4.78, 5) is 13.6. The third-order valence-electron chi connectivity index (χ3n) is 3.19. The van der Waals surface area contributed by atoms with Crippen molar-refractivity contribution in [3.05, 3.63) is 25.9 Å². The minimum Gasteiger partial charge on any atom is -0.444 e. The summed E-state index contributed by atoms with van der Waals surface area (Å²) in [7, 11) is 0. The number of nitrogens with zero attached hydrogens (tertiary/aromatic N) is 1. The molecule has 1 aliphatic rings. The number of ether oxygens (including phenoxy) is 1. The van der Waals surface area contributed by atoms with Gasteiger partial charge >= 0.3 is 6.09 Å². The van der Waals surface area contributed by atoms with Crippen LogP contribution in [0.15, 0.2) is 8.95 Å². The van der Waals surface area contributed by atoms with E-state index in [1.165, 1.54) is 4.90 Å². The second-order valence-electron chi connectivity index (χ2n) is 5.96. The minimum absolute atomic E-state index is 0.174. The zero-order valence-corrected chi connectivity index (χ0v) is 15.3. The molecule has 0 saturated heterocycles. The second-order valence-corrected chi connectivity index (χ2v) is 7.55. The van der Waals surface area contributed by atoms with E-state index < -0.39 is 17.5 Å². The molecule has 116 valence electrons. The Labute approximate surface area is 140 Å². The molecular weight excluding hydrogens is 407 g/mol. The molecule has 1 aliphatic heterocycles. The van der Waals surface area contributed by atoms with Crippen LogP contribution in [0.5, 0.6) is 0 Å². The van der Waals surface area contributed by atoms with Crippen LogP contribution in [0.2, 0.25) is 0 Å². The normalized spacial score (nSPS) is 14.9. The van der Waals surface area contributed by atoms with Crippen LogP contribution in [0.3, 0.4) is 0 Å². The van der Waals surface area contributed by atoms with E-state index >= 15 is 0 Å². The number of fused-ring (bicyclic) bond motifs is 1. The number of carbonyl (C=O) groups excluding carboxylic acids is 1. The van der Waals surface area contributed by atoms with Crippen LogP contribution >= 0.6 is 31.9 Å². The van der Waals surface area contributed by atoms with Crippen molar-refractivity contribution in [2.75, 3.05) is 12.3 Å². The van der Waals surface area contributed by atoms with E-state index in [1.54, 1.807) is 20.8 Å². The van der Waals surface area contributed by atoms with Crippen molar-refractivity contribution >= 4 is 43.6 Å². The lowest BCUT2D eigenvalue weighted by Gasteiger charge is -2.32. The first-order valence-corrected chi connectivity index (χ1v) is 8.12. The third-order valence-corrected chi connectivity index (χ3v) is 4.87. The van der Waals surface area contributed by atoms with Crippen molar-refractivity contribution in [1.29, 1.82) is 0 Å². The van der Waals surface area contributed by atoms with Crippen LogP contribution in [0.4, 0.5) is 14.9 Å². The molecule has 0 unspecified atom stereocenters. The van der Waals surface area contributed by atoms with E-state index in [1.807, 2.05) is 0 Å². The zero-order chi connectivity index (χ0) is 15.9. The van der Waals surface area contributed by atoms with Gasteiger partial charge in [-0.3, -0.25) is 0 Å². The molecule has 1 amide bonds. The van der Waals surface area contributed by atoms with Crippen molar-refractivity contribution < 1.29 is 13.9 Å². The number of benzene rings is 1. The monoisotopic (exact) mass is 422 g/mol. The summed E-state index contributed by atoms with van der Waals surface area (Å²) in [5, 5.41) is 0. The second kappa shape index (κ2) is 5.76. The summed E-state index contributed by atoms with van der Waals surface area (Å²) in [6.45, 7) is 6.06. The molecule has 21 heavy (non-hydrogen) atoms. The molecule has 1 heterocycles. The highest BCUT2D eigenvalue weighted by molar-refractivity contribution is 9.11. The smallest absolute Gasteiger partial charge is 0.410 e. The first-order chi connectivity index (χ1) is 9.61. The molecule has 2 N–H and O–H groups in total. The molecular formula is C14H17Br2FN2O2. The molecule has 1 aromatic rings. The lowest BCUT2D eigenvalue weighted by Crippen LogP contribution is -2.40. The average molecular weight is 424 g/mol. The Morgan fingerprint density at radius 2 is 1.90 bits per heavy atom. The fraction of sp³-hybridized carbons (Fsp3) is 0.500. The van der Waals surface area contributed by atoms with Gasteiger partial charge in [-0.15, -0.1) is 0 Å². The molecule has 0 spiro atoms. The SMILES string of the molecule is CC(C)(C)OC(=O)N1CCc2c(Br)c(N)c(Br)c(F)c2C1. The van der Waals surface area contributed by atoms with Crippen LogP contribution in [-0.4, -0.2) is 23.1 Å². The molecule has 0 saturated carbocycles. The summed E-state index contributed by atoms with van der Waals surface area (Å²) in [5.74, 6) is -0.418. The fourth-order valence-corrected chi connectivity index (χ4v) is 3.54. The summed E-state index contributed by atoms with van der Waals surface area (Å²) in [6.07, 6.45) is 0.0976. The van der Waals surface area contributed by atoms with Crippen LogP contribution < -0.4 is 5.73 Å². The maximum atomic E-state index is 14.4. The Morgan fingerprint density at radius 1 is 1.29 bits per heavy atom. The average Bonchev–Trinajstić information content (AvgIpc) is 2.40. The lowest BCUT2D eigenvalue weighted by molar-refractivity contribution is 0.0221. The number of halogens is 3. The Balaban J connectivity index is 2.31. The number of rotatable bonds is 0. The highest BCUT2D eigenvalue weighted by Crippen LogP contribution is 2.39. The summed E-state index contributed by atoms with van der Waals surface area (Å²) < 4.78 is 20.6. The quantitative estimate of drug-likeness (QED) is 0.501. The number of nitrogen functional groups attached to an aromatic ring is 1. The van der Waals surface area contributed by atoms with E-state index in [9.17, 15) is 9.18 Å². The van der Waals surface area contributed by atoms with Crippen LogP contribution in [0.1, 0.15) is 31.9 Å². The summed E-state index contributed by atoms with van der Waals surface area (Å²) >= 11 is 6.55. The maximum Gasteiger partial charge on any atom is 0.410 e. The van der Waals surface area contributed by atoms with Crippen LogP contribution in [-0.2, 0) is 17.7 Å². The van der Waals surface area contributed by atoms with Crippen molar-refractivity contribution in [2.24, 2.45) is 0 Å². The van der Waals surface area contributed by atoms with Crippen molar-refractivity contribution in [3.63, 3.8) is 0 Å². The van der Waals surface area contributed by atoms with Crippen molar-refractivity contribution in [2.45, 2.75) is 39.3 Å². The molecule has 0 radical (unpaired) electrons. The molecule has 2 rings (SSSR count).